The highest BCUT2D eigenvalue weighted by Gasteiger charge is 2.10. The number of nitrogens with zero attached hydrogens (tertiary/aromatic N) is 2. The lowest BCUT2D eigenvalue weighted by Crippen LogP contribution is -1.99. The molecule has 3 aromatic rings. The zero-order valence-electron chi connectivity index (χ0n) is 10.4. The Kier molecular flexibility index (Phi) is 2.84. The van der Waals surface area contributed by atoms with Crippen molar-refractivity contribution in [1.82, 2.24) is 9.97 Å². The number of aromatic nitrogens is 2. The molecule has 3 rings (SSSR count). The van der Waals surface area contributed by atoms with E-state index in [0.29, 0.717) is 16.7 Å². The molecule has 0 bridgehead atoms. The number of benzene rings is 2. The highest BCUT2D eigenvalue weighted by atomic mass is 35.5. The third-order valence-corrected chi connectivity index (χ3v) is 3.40. The number of hydrogen-bond donors (Lipinski definition) is 1. The van der Waals surface area contributed by atoms with E-state index in [1.807, 2.05) is 49.4 Å². The van der Waals surface area contributed by atoms with Crippen molar-refractivity contribution in [2.45, 2.75) is 6.92 Å². The summed E-state index contributed by atoms with van der Waals surface area (Å²) < 4.78 is 0. The molecule has 0 radical (unpaired) electrons. The van der Waals surface area contributed by atoms with E-state index < -0.39 is 0 Å². The van der Waals surface area contributed by atoms with Crippen molar-refractivity contribution in [1.29, 1.82) is 0 Å². The Balaban J connectivity index is 2.31. The van der Waals surface area contributed by atoms with Gasteiger partial charge >= 0.3 is 0 Å². The maximum Gasteiger partial charge on any atom is 0.163 e. The number of nitrogen functional groups attached to an aromatic ring is 1. The molecule has 0 saturated carbocycles. The highest BCUT2D eigenvalue weighted by Crippen LogP contribution is 2.29. The molecule has 2 N–H and O–H groups in total. The molecule has 94 valence electrons. The van der Waals surface area contributed by atoms with E-state index in [2.05, 4.69) is 9.97 Å². The van der Waals surface area contributed by atoms with Crippen molar-refractivity contribution in [3.05, 3.63) is 53.1 Å². The highest BCUT2D eigenvalue weighted by molar-refractivity contribution is 6.33. The molecular formula is C15H12ClN3. The molecule has 0 amide bonds. The summed E-state index contributed by atoms with van der Waals surface area (Å²) in [6.07, 6.45) is 0. The largest absolute Gasteiger partial charge is 0.383 e. The predicted molar refractivity (Wildman–Crippen MR) is 79.1 cm³/mol. The fourth-order valence-electron chi connectivity index (χ4n) is 2.15. The van der Waals surface area contributed by atoms with Crippen LogP contribution in [0.1, 0.15) is 5.56 Å². The SMILES string of the molecule is Cc1cccc2nc(-c3ccccc3Cl)nc(N)c12. The molecule has 0 aliphatic rings. The topological polar surface area (TPSA) is 51.8 Å². The summed E-state index contributed by atoms with van der Waals surface area (Å²) in [7, 11) is 0. The number of fused-ring (bicyclic) bond motifs is 1. The van der Waals surface area contributed by atoms with Gasteiger partial charge in [0.2, 0.25) is 0 Å². The summed E-state index contributed by atoms with van der Waals surface area (Å²) in [6.45, 7) is 2.00. The number of nitrogens with two attached hydrogens (primary N) is 1. The van der Waals surface area contributed by atoms with Gasteiger partial charge < -0.3 is 5.73 Å². The number of hydrogen-bond acceptors (Lipinski definition) is 3. The summed E-state index contributed by atoms with van der Waals surface area (Å²) in [5, 5.41) is 1.52. The van der Waals surface area contributed by atoms with Crippen molar-refractivity contribution in [3.63, 3.8) is 0 Å². The van der Waals surface area contributed by atoms with Crippen LogP contribution < -0.4 is 5.73 Å². The zero-order chi connectivity index (χ0) is 13.4. The molecule has 1 aromatic heterocycles. The molecule has 1 heterocycles. The van der Waals surface area contributed by atoms with Crippen LogP contribution in [-0.4, -0.2) is 9.97 Å². The van der Waals surface area contributed by atoms with Crippen LogP contribution in [0, 0.1) is 6.92 Å². The fourth-order valence-corrected chi connectivity index (χ4v) is 2.37. The Morgan fingerprint density at radius 1 is 1.00 bits per heavy atom. The number of rotatable bonds is 1. The van der Waals surface area contributed by atoms with Crippen LogP contribution in [0.5, 0.6) is 0 Å². The lowest BCUT2D eigenvalue weighted by molar-refractivity contribution is 1.23. The average molecular weight is 270 g/mol. The van der Waals surface area contributed by atoms with E-state index in [1.54, 1.807) is 0 Å². The molecule has 0 aliphatic carbocycles. The van der Waals surface area contributed by atoms with E-state index in [4.69, 9.17) is 17.3 Å². The molecule has 3 nitrogen and oxygen atoms in total. The van der Waals surface area contributed by atoms with Crippen LogP contribution in [0.25, 0.3) is 22.3 Å². The Labute approximate surface area is 116 Å². The van der Waals surface area contributed by atoms with Crippen LogP contribution in [0.2, 0.25) is 5.02 Å². The Bertz CT molecular complexity index is 768. The van der Waals surface area contributed by atoms with Crippen molar-refractivity contribution < 1.29 is 0 Å². The first-order valence-electron chi connectivity index (χ1n) is 5.94. The van der Waals surface area contributed by atoms with Gasteiger partial charge in [-0.3, -0.25) is 0 Å². The Morgan fingerprint density at radius 2 is 1.79 bits per heavy atom. The lowest BCUT2D eigenvalue weighted by Gasteiger charge is -2.08. The second kappa shape index (κ2) is 4.52. The first-order valence-corrected chi connectivity index (χ1v) is 6.32. The van der Waals surface area contributed by atoms with Gasteiger partial charge in [0.05, 0.1) is 10.5 Å². The lowest BCUT2D eigenvalue weighted by atomic mass is 10.1. The van der Waals surface area contributed by atoms with Crippen molar-refractivity contribution >= 4 is 28.3 Å². The molecule has 4 heteroatoms. The minimum Gasteiger partial charge on any atom is -0.383 e. The van der Waals surface area contributed by atoms with Crippen molar-refractivity contribution in [2.24, 2.45) is 0 Å². The minimum absolute atomic E-state index is 0.484. The van der Waals surface area contributed by atoms with Gasteiger partial charge in [-0.1, -0.05) is 35.9 Å². The van der Waals surface area contributed by atoms with Crippen LogP contribution in [0.15, 0.2) is 42.5 Å². The Hall–Kier alpha value is -2.13. The second-order valence-corrected chi connectivity index (χ2v) is 4.79. The smallest absolute Gasteiger partial charge is 0.163 e. The normalized spacial score (nSPS) is 10.8. The van der Waals surface area contributed by atoms with Gasteiger partial charge in [0.1, 0.15) is 5.82 Å². The molecule has 0 fully saturated rings. The summed E-state index contributed by atoms with van der Waals surface area (Å²) in [5.74, 6) is 1.04. The molecule has 0 spiro atoms. The number of halogens is 1. The van der Waals surface area contributed by atoms with E-state index in [0.717, 1.165) is 22.0 Å². The Morgan fingerprint density at radius 3 is 2.58 bits per heavy atom. The number of aryl methyl sites for hydroxylation is 1. The molecule has 0 saturated heterocycles. The van der Waals surface area contributed by atoms with Crippen LogP contribution in [-0.2, 0) is 0 Å². The van der Waals surface area contributed by atoms with Gasteiger partial charge in [-0.15, -0.1) is 0 Å². The van der Waals surface area contributed by atoms with E-state index in [-0.39, 0.29) is 0 Å². The molecular weight excluding hydrogens is 258 g/mol. The van der Waals surface area contributed by atoms with Crippen molar-refractivity contribution in [3.8, 4) is 11.4 Å². The van der Waals surface area contributed by atoms with E-state index in [9.17, 15) is 0 Å². The van der Waals surface area contributed by atoms with Crippen LogP contribution in [0.4, 0.5) is 5.82 Å². The summed E-state index contributed by atoms with van der Waals surface area (Å²) in [6, 6.07) is 13.4. The van der Waals surface area contributed by atoms with Gasteiger partial charge in [0.15, 0.2) is 5.82 Å². The van der Waals surface area contributed by atoms with E-state index >= 15 is 0 Å². The van der Waals surface area contributed by atoms with Gasteiger partial charge in [-0.25, -0.2) is 9.97 Å². The third kappa shape index (κ3) is 2.02. The molecule has 0 aliphatic heterocycles. The summed E-state index contributed by atoms with van der Waals surface area (Å²) in [5.41, 5.74) is 8.75. The first kappa shape index (κ1) is 11.9. The van der Waals surface area contributed by atoms with Gasteiger partial charge in [-0.05, 0) is 30.7 Å². The summed E-state index contributed by atoms with van der Waals surface area (Å²) >= 11 is 6.17. The number of anilines is 1. The predicted octanol–water partition coefficient (Wildman–Crippen LogP) is 3.84. The quantitative estimate of drug-likeness (QED) is 0.730. The zero-order valence-corrected chi connectivity index (χ0v) is 11.1. The maximum absolute atomic E-state index is 6.17. The fraction of sp³-hybridized carbons (Fsp3) is 0.0667. The molecule has 19 heavy (non-hydrogen) atoms. The van der Waals surface area contributed by atoms with Gasteiger partial charge in [0.25, 0.3) is 0 Å². The van der Waals surface area contributed by atoms with Crippen LogP contribution in [0.3, 0.4) is 0 Å². The molecule has 2 aromatic carbocycles. The molecule has 0 atom stereocenters. The van der Waals surface area contributed by atoms with E-state index in [1.165, 1.54) is 0 Å². The monoisotopic (exact) mass is 269 g/mol. The average Bonchev–Trinajstić information content (AvgIpc) is 2.39. The van der Waals surface area contributed by atoms with Gasteiger partial charge in [-0.2, -0.15) is 0 Å². The summed E-state index contributed by atoms with van der Waals surface area (Å²) in [4.78, 5) is 8.93. The standard InChI is InChI=1S/C15H12ClN3/c1-9-5-4-8-12-13(9)14(17)19-15(18-12)10-6-2-3-7-11(10)16/h2-8H,1H3,(H2,17,18,19). The minimum atomic E-state index is 0.484. The van der Waals surface area contributed by atoms with Gasteiger partial charge in [0, 0.05) is 10.9 Å². The maximum atomic E-state index is 6.17. The third-order valence-electron chi connectivity index (χ3n) is 3.07. The molecule has 0 unspecified atom stereocenters. The van der Waals surface area contributed by atoms with Crippen molar-refractivity contribution in [2.75, 3.05) is 5.73 Å². The first-order chi connectivity index (χ1) is 9.16. The second-order valence-electron chi connectivity index (χ2n) is 4.38. The van der Waals surface area contributed by atoms with Crippen LogP contribution >= 0.6 is 11.6 Å².